The van der Waals surface area contributed by atoms with Crippen molar-refractivity contribution >= 4 is 34.4 Å². The summed E-state index contributed by atoms with van der Waals surface area (Å²) < 4.78 is 10.7. The van der Waals surface area contributed by atoms with Gasteiger partial charge in [-0.05, 0) is 43.2 Å². The number of amides is 2. The highest BCUT2D eigenvalue weighted by Crippen LogP contribution is 2.26. The van der Waals surface area contributed by atoms with E-state index in [0.29, 0.717) is 10.8 Å². The largest absolute Gasteiger partial charge is 0.496 e. The minimum atomic E-state index is -0.522. The van der Waals surface area contributed by atoms with Crippen LogP contribution in [0.4, 0.5) is 0 Å². The minimum absolute atomic E-state index is 0.0719. The molecule has 0 fully saturated rings. The number of nitrogens with one attached hydrogen (secondary N) is 2. The predicted molar refractivity (Wildman–Crippen MR) is 103 cm³/mol. The van der Waals surface area contributed by atoms with Crippen LogP contribution < -0.4 is 15.6 Å². The zero-order valence-corrected chi connectivity index (χ0v) is 15.9. The molecule has 3 aromatic rings. The standard InChI is InChI=1S/C20H19ClN2O4/c1-11-4-6-15-13(10-27-19(15)12(11)2)8-18(24)22-23-20(25)16-9-14(21)5-7-17(16)26-3/h4-7,9-10H,8H2,1-3H3,(H,22,24)(H,23,25). The lowest BCUT2D eigenvalue weighted by Crippen LogP contribution is -2.42. The van der Waals surface area contributed by atoms with Crippen LogP contribution in [0.5, 0.6) is 5.75 Å². The van der Waals surface area contributed by atoms with Crippen molar-refractivity contribution in [1.82, 2.24) is 10.9 Å². The Morgan fingerprint density at radius 1 is 1.15 bits per heavy atom. The first-order chi connectivity index (χ1) is 12.9. The van der Waals surface area contributed by atoms with Crippen molar-refractivity contribution in [2.24, 2.45) is 0 Å². The van der Waals surface area contributed by atoms with Gasteiger partial charge in [0.2, 0.25) is 5.91 Å². The van der Waals surface area contributed by atoms with E-state index in [9.17, 15) is 9.59 Å². The number of hydrazine groups is 1. The Bertz CT molecular complexity index is 1030. The molecule has 0 saturated heterocycles. The van der Waals surface area contributed by atoms with Gasteiger partial charge < -0.3 is 9.15 Å². The molecule has 1 aromatic heterocycles. The first-order valence-corrected chi connectivity index (χ1v) is 8.67. The van der Waals surface area contributed by atoms with Gasteiger partial charge in [-0.3, -0.25) is 20.4 Å². The molecule has 0 aliphatic rings. The molecule has 0 radical (unpaired) electrons. The smallest absolute Gasteiger partial charge is 0.273 e. The molecule has 0 bridgehead atoms. The Balaban J connectivity index is 1.68. The Morgan fingerprint density at radius 3 is 2.67 bits per heavy atom. The maximum Gasteiger partial charge on any atom is 0.273 e. The molecule has 0 aliphatic heterocycles. The molecule has 0 spiro atoms. The van der Waals surface area contributed by atoms with Crippen molar-refractivity contribution in [2.45, 2.75) is 20.3 Å². The quantitative estimate of drug-likeness (QED) is 0.670. The van der Waals surface area contributed by atoms with E-state index in [0.717, 1.165) is 27.7 Å². The van der Waals surface area contributed by atoms with Crippen LogP contribution in [-0.2, 0) is 11.2 Å². The van der Waals surface area contributed by atoms with E-state index in [1.807, 2.05) is 26.0 Å². The second-order valence-corrected chi connectivity index (χ2v) is 6.61. The van der Waals surface area contributed by atoms with Crippen molar-refractivity contribution in [3.8, 4) is 5.75 Å². The molecule has 0 unspecified atom stereocenters. The van der Waals surface area contributed by atoms with Crippen LogP contribution in [0.3, 0.4) is 0 Å². The molecule has 2 aromatic carbocycles. The van der Waals surface area contributed by atoms with Crippen molar-refractivity contribution < 1.29 is 18.7 Å². The maximum absolute atomic E-state index is 12.3. The fraction of sp³-hybridized carbons (Fsp3) is 0.200. The number of methoxy groups -OCH3 is 1. The number of furan rings is 1. The Kier molecular flexibility index (Phi) is 5.37. The van der Waals surface area contributed by atoms with E-state index in [-0.39, 0.29) is 17.9 Å². The first-order valence-electron chi connectivity index (χ1n) is 8.29. The summed E-state index contributed by atoms with van der Waals surface area (Å²) >= 11 is 5.92. The summed E-state index contributed by atoms with van der Waals surface area (Å²) in [6.45, 7) is 3.98. The Hall–Kier alpha value is -2.99. The molecule has 0 aliphatic carbocycles. The fourth-order valence-electron chi connectivity index (χ4n) is 2.79. The summed E-state index contributed by atoms with van der Waals surface area (Å²) in [6, 6.07) is 8.59. The number of halogens is 1. The van der Waals surface area contributed by atoms with Gasteiger partial charge in [0.1, 0.15) is 11.3 Å². The van der Waals surface area contributed by atoms with E-state index in [4.69, 9.17) is 20.8 Å². The number of hydrogen-bond donors (Lipinski definition) is 2. The zero-order chi connectivity index (χ0) is 19.6. The molecule has 27 heavy (non-hydrogen) atoms. The van der Waals surface area contributed by atoms with Crippen LogP contribution >= 0.6 is 11.6 Å². The van der Waals surface area contributed by atoms with Crippen molar-refractivity contribution in [3.05, 3.63) is 63.9 Å². The number of benzene rings is 2. The number of rotatable bonds is 4. The molecule has 2 N–H and O–H groups in total. The summed E-state index contributed by atoms with van der Waals surface area (Å²) in [6.07, 6.45) is 1.64. The third-order valence-electron chi connectivity index (χ3n) is 4.41. The van der Waals surface area contributed by atoms with Gasteiger partial charge in [0.25, 0.3) is 5.91 Å². The van der Waals surface area contributed by atoms with Crippen LogP contribution in [-0.4, -0.2) is 18.9 Å². The zero-order valence-electron chi connectivity index (χ0n) is 15.2. The molecule has 3 rings (SSSR count). The molecular formula is C20H19ClN2O4. The summed E-state index contributed by atoms with van der Waals surface area (Å²) in [5.74, 6) is -0.533. The summed E-state index contributed by atoms with van der Waals surface area (Å²) in [5.41, 5.74) is 8.69. The van der Waals surface area contributed by atoms with Crippen LogP contribution in [0.2, 0.25) is 5.02 Å². The number of ether oxygens (including phenoxy) is 1. The van der Waals surface area contributed by atoms with E-state index in [1.54, 1.807) is 18.4 Å². The topological polar surface area (TPSA) is 80.6 Å². The molecule has 140 valence electrons. The number of hydrogen-bond acceptors (Lipinski definition) is 4. The van der Waals surface area contributed by atoms with Gasteiger partial charge in [-0.1, -0.05) is 23.7 Å². The van der Waals surface area contributed by atoms with E-state index < -0.39 is 5.91 Å². The molecule has 1 heterocycles. The lowest BCUT2D eigenvalue weighted by molar-refractivity contribution is -0.121. The number of fused-ring (bicyclic) bond motifs is 1. The van der Waals surface area contributed by atoms with Gasteiger partial charge >= 0.3 is 0 Å². The third-order valence-corrected chi connectivity index (χ3v) is 4.65. The minimum Gasteiger partial charge on any atom is -0.496 e. The van der Waals surface area contributed by atoms with Crippen molar-refractivity contribution in [1.29, 1.82) is 0 Å². The Morgan fingerprint density at radius 2 is 1.93 bits per heavy atom. The second-order valence-electron chi connectivity index (χ2n) is 6.17. The monoisotopic (exact) mass is 386 g/mol. The molecule has 0 saturated carbocycles. The SMILES string of the molecule is COc1ccc(Cl)cc1C(=O)NNC(=O)Cc1coc2c(C)c(C)ccc12. The Labute approximate surface area is 161 Å². The average Bonchev–Trinajstić information content (AvgIpc) is 3.06. The maximum atomic E-state index is 12.3. The highest BCUT2D eigenvalue weighted by molar-refractivity contribution is 6.31. The van der Waals surface area contributed by atoms with Crippen LogP contribution in [0.1, 0.15) is 27.0 Å². The first kappa shape index (κ1) is 18.8. The lowest BCUT2D eigenvalue weighted by Gasteiger charge is -2.10. The van der Waals surface area contributed by atoms with E-state index >= 15 is 0 Å². The van der Waals surface area contributed by atoms with Gasteiger partial charge in [0.15, 0.2) is 0 Å². The predicted octanol–water partition coefficient (Wildman–Crippen LogP) is 3.72. The third kappa shape index (κ3) is 3.90. The van der Waals surface area contributed by atoms with Gasteiger partial charge in [0.05, 0.1) is 25.4 Å². The summed E-state index contributed by atoms with van der Waals surface area (Å²) in [5, 5.41) is 1.28. The van der Waals surface area contributed by atoms with Crippen LogP contribution in [0.15, 0.2) is 41.0 Å². The molecular weight excluding hydrogens is 368 g/mol. The molecule has 6 nitrogen and oxygen atoms in total. The van der Waals surface area contributed by atoms with Crippen molar-refractivity contribution in [3.63, 3.8) is 0 Å². The number of carbonyl (C=O) groups excluding carboxylic acids is 2. The normalized spacial score (nSPS) is 10.7. The highest BCUT2D eigenvalue weighted by Gasteiger charge is 2.16. The van der Waals surface area contributed by atoms with Crippen molar-refractivity contribution in [2.75, 3.05) is 7.11 Å². The van der Waals surface area contributed by atoms with E-state index in [1.165, 1.54) is 13.2 Å². The summed E-state index contributed by atoms with van der Waals surface area (Å²) in [4.78, 5) is 24.5. The lowest BCUT2D eigenvalue weighted by atomic mass is 10.0. The second kappa shape index (κ2) is 7.72. The van der Waals surface area contributed by atoms with Crippen LogP contribution in [0, 0.1) is 13.8 Å². The molecule has 7 heteroatoms. The van der Waals surface area contributed by atoms with Gasteiger partial charge in [-0.15, -0.1) is 0 Å². The van der Waals surface area contributed by atoms with E-state index in [2.05, 4.69) is 10.9 Å². The fourth-order valence-corrected chi connectivity index (χ4v) is 2.97. The number of carbonyl (C=O) groups is 2. The van der Waals surface area contributed by atoms with Crippen LogP contribution in [0.25, 0.3) is 11.0 Å². The average molecular weight is 387 g/mol. The van der Waals surface area contributed by atoms with Gasteiger partial charge in [0, 0.05) is 16.0 Å². The highest BCUT2D eigenvalue weighted by atomic mass is 35.5. The molecule has 0 atom stereocenters. The summed E-state index contributed by atoms with van der Waals surface area (Å²) in [7, 11) is 1.45. The molecule has 2 amide bonds. The number of aryl methyl sites for hydroxylation is 2. The van der Waals surface area contributed by atoms with Gasteiger partial charge in [-0.2, -0.15) is 0 Å². The van der Waals surface area contributed by atoms with Gasteiger partial charge in [-0.25, -0.2) is 0 Å².